The van der Waals surface area contributed by atoms with Crippen LogP contribution >= 0.6 is 0 Å². The highest BCUT2D eigenvalue weighted by Crippen LogP contribution is 2.10. The molecule has 0 aliphatic rings. The molecular formula is C15H28N4O5. The minimum atomic E-state index is -1.21. The Morgan fingerprint density at radius 3 is 2.04 bits per heavy atom. The van der Waals surface area contributed by atoms with Gasteiger partial charge in [0.15, 0.2) is 0 Å². The highest BCUT2D eigenvalue weighted by molar-refractivity contribution is 5.94. The molecule has 9 nitrogen and oxygen atoms in total. The third-order valence-electron chi connectivity index (χ3n) is 2.88. The summed E-state index contributed by atoms with van der Waals surface area (Å²) in [4.78, 5) is 46.8. The van der Waals surface area contributed by atoms with E-state index in [0.29, 0.717) is 0 Å². The summed E-state index contributed by atoms with van der Waals surface area (Å²) in [6.07, 6.45) is -0.390. The lowest BCUT2D eigenvalue weighted by Crippen LogP contribution is -2.54. The van der Waals surface area contributed by atoms with Crippen molar-refractivity contribution in [2.45, 2.75) is 58.7 Å². The van der Waals surface area contributed by atoms with Gasteiger partial charge in [-0.15, -0.1) is 0 Å². The van der Waals surface area contributed by atoms with Crippen LogP contribution < -0.4 is 22.1 Å². The first kappa shape index (κ1) is 21.8. The number of carbonyl (C=O) groups is 4. The number of nitrogens with two attached hydrogens (primary N) is 2. The van der Waals surface area contributed by atoms with E-state index in [1.54, 1.807) is 34.6 Å². The van der Waals surface area contributed by atoms with Gasteiger partial charge in [0.05, 0.1) is 19.0 Å². The number of amides is 3. The van der Waals surface area contributed by atoms with Gasteiger partial charge in [0.1, 0.15) is 11.6 Å². The average molecular weight is 344 g/mol. The molecule has 0 unspecified atom stereocenters. The zero-order valence-corrected chi connectivity index (χ0v) is 14.8. The van der Waals surface area contributed by atoms with Gasteiger partial charge in [-0.2, -0.15) is 0 Å². The quantitative estimate of drug-likeness (QED) is 0.405. The fraction of sp³-hybridized carbons (Fsp3) is 0.733. The van der Waals surface area contributed by atoms with Crippen LogP contribution in [0.4, 0.5) is 0 Å². The van der Waals surface area contributed by atoms with E-state index in [9.17, 15) is 19.2 Å². The van der Waals surface area contributed by atoms with Gasteiger partial charge in [0.2, 0.25) is 17.7 Å². The number of hydrogen-bond acceptors (Lipinski definition) is 6. The zero-order chi connectivity index (χ0) is 19.1. The van der Waals surface area contributed by atoms with E-state index in [1.807, 2.05) is 0 Å². The van der Waals surface area contributed by atoms with Gasteiger partial charge in [-0.25, -0.2) is 0 Å². The lowest BCUT2D eigenvalue weighted by atomic mass is 10.0. The normalized spacial score (nSPS) is 13.8. The SMILES string of the molecule is CC(C)[C@H](N)C(=O)N[C@@H](CC(=O)OC(C)(C)C)C(=O)NCC(N)=O. The predicted octanol–water partition coefficient (Wildman–Crippen LogP) is -1.21. The molecule has 2 atom stereocenters. The van der Waals surface area contributed by atoms with Crippen LogP contribution in [0, 0.1) is 5.92 Å². The summed E-state index contributed by atoms with van der Waals surface area (Å²) in [6.45, 7) is 8.14. The van der Waals surface area contributed by atoms with E-state index in [-0.39, 0.29) is 5.92 Å². The molecule has 0 spiro atoms. The Kier molecular flexibility index (Phi) is 8.38. The second-order valence-electron chi connectivity index (χ2n) is 6.81. The third-order valence-corrected chi connectivity index (χ3v) is 2.88. The molecule has 6 N–H and O–H groups in total. The maximum absolute atomic E-state index is 12.1. The minimum Gasteiger partial charge on any atom is -0.460 e. The summed E-state index contributed by atoms with van der Waals surface area (Å²) in [5.74, 6) is -2.86. The van der Waals surface area contributed by atoms with Crippen LogP contribution in [0.3, 0.4) is 0 Å². The van der Waals surface area contributed by atoms with Crippen LogP contribution in [0.25, 0.3) is 0 Å². The molecule has 0 saturated heterocycles. The number of rotatable bonds is 8. The van der Waals surface area contributed by atoms with Crippen molar-refractivity contribution in [3.63, 3.8) is 0 Å². The van der Waals surface area contributed by atoms with Crippen LogP contribution in [-0.2, 0) is 23.9 Å². The van der Waals surface area contributed by atoms with Gasteiger partial charge in [-0.05, 0) is 26.7 Å². The molecule has 0 fully saturated rings. The molecule has 0 aromatic rings. The lowest BCUT2D eigenvalue weighted by molar-refractivity contribution is -0.156. The minimum absolute atomic E-state index is 0.152. The maximum Gasteiger partial charge on any atom is 0.308 e. The molecule has 0 bridgehead atoms. The standard InChI is InChI=1S/C15H28N4O5/c1-8(2)12(17)14(23)19-9(13(22)18-7-10(16)20)6-11(21)24-15(3,4)5/h8-9,12H,6-7,17H2,1-5H3,(H2,16,20)(H,18,22)(H,19,23)/t9-,12-/m0/s1. The summed E-state index contributed by atoms with van der Waals surface area (Å²) in [5, 5.41) is 4.66. The van der Waals surface area contributed by atoms with Crippen molar-refractivity contribution in [1.82, 2.24) is 10.6 Å². The monoisotopic (exact) mass is 344 g/mol. The van der Waals surface area contributed by atoms with Gasteiger partial charge < -0.3 is 26.8 Å². The van der Waals surface area contributed by atoms with Crippen molar-refractivity contribution in [2.24, 2.45) is 17.4 Å². The predicted molar refractivity (Wildman–Crippen MR) is 87.4 cm³/mol. The van der Waals surface area contributed by atoms with E-state index in [4.69, 9.17) is 16.2 Å². The molecule has 9 heteroatoms. The van der Waals surface area contributed by atoms with Crippen LogP contribution in [0.15, 0.2) is 0 Å². The van der Waals surface area contributed by atoms with Crippen molar-refractivity contribution in [2.75, 3.05) is 6.54 Å². The Balaban J connectivity index is 5.01. The van der Waals surface area contributed by atoms with Gasteiger partial charge in [-0.1, -0.05) is 13.8 Å². The molecule has 0 heterocycles. The summed E-state index contributed by atoms with van der Waals surface area (Å²) in [6, 6.07) is -2.05. The number of primary amides is 1. The first-order chi connectivity index (χ1) is 10.8. The van der Waals surface area contributed by atoms with Crippen LogP contribution in [0.2, 0.25) is 0 Å². The number of esters is 1. The number of nitrogens with one attached hydrogen (secondary N) is 2. The molecule has 0 rings (SSSR count). The number of carbonyl (C=O) groups excluding carboxylic acids is 4. The van der Waals surface area contributed by atoms with E-state index >= 15 is 0 Å². The fourth-order valence-electron chi connectivity index (χ4n) is 1.63. The van der Waals surface area contributed by atoms with Crippen molar-refractivity contribution in [1.29, 1.82) is 0 Å². The number of hydrogen-bond donors (Lipinski definition) is 4. The molecular weight excluding hydrogens is 316 g/mol. The zero-order valence-electron chi connectivity index (χ0n) is 14.8. The average Bonchev–Trinajstić information content (AvgIpc) is 2.40. The number of ether oxygens (including phenoxy) is 1. The van der Waals surface area contributed by atoms with Gasteiger partial charge >= 0.3 is 5.97 Å². The fourth-order valence-corrected chi connectivity index (χ4v) is 1.63. The van der Waals surface area contributed by atoms with E-state index in [2.05, 4.69) is 10.6 Å². The van der Waals surface area contributed by atoms with Crippen molar-refractivity contribution < 1.29 is 23.9 Å². The van der Waals surface area contributed by atoms with E-state index in [0.717, 1.165) is 0 Å². The Labute approximate surface area is 141 Å². The first-order valence-electron chi connectivity index (χ1n) is 7.67. The molecule has 0 radical (unpaired) electrons. The van der Waals surface area contributed by atoms with Crippen molar-refractivity contribution in [3.05, 3.63) is 0 Å². The topological polar surface area (TPSA) is 154 Å². The summed E-state index contributed by atoms with van der Waals surface area (Å²) in [7, 11) is 0. The van der Waals surface area contributed by atoms with Crippen LogP contribution in [-0.4, -0.2) is 47.9 Å². The highest BCUT2D eigenvalue weighted by Gasteiger charge is 2.29. The Bertz CT molecular complexity index is 485. The summed E-state index contributed by atoms with van der Waals surface area (Å²) in [5.41, 5.74) is 9.96. The summed E-state index contributed by atoms with van der Waals surface area (Å²) < 4.78 is 5.14. The van der Waals surface area contributed by atoms with Gasteiger partial charge in [0, 0.05) is 0 Å². The maximum atomic E-state index is 12.1. The van der Waals surface area contributed by atoms with Crippen LogP contribution in [0.5, 0.6) is 0 Å². The van der Waals surface area contributed by atoms with Crippen LogP contribution in [0.1, 0.15) is 41.0 Å². The third kappa shape index (κ3) is 9.09. The van der Waals surface area contributed by atoms with Gasteiger partial charge in [-0.3, -0.25) is 19.2 Å². The Hall–Kier alpha value is -2.16. The molecule has 138 valence electrons. The molecule has 0 aliphatic heterocycles. The lowest BCUT2D eigenvalue weighted by Gasteiger charge is -2.24. The molecule has 0 saturated carbocycles. The van der Waals surface area contributed by atoms with Gasteiger partial charge in [0.25, 0.3) is 0 Å². The van der Waals surface area contributed by atoms with Crippen molar-refractivity contribution >= 4 is 23.7 Å². The largest absolute Gasteiger partial charge is 0.460 e. The van der Waals surface area contributed by atoms with Crippen molar-refractivity contribution in [3.8, 4) is 0 Å². The molecule has 3 amide bonds. The highest BCUT2D eigenvalue weighted by atomic mass is 16.6. The molecule has 0 aromatic carbocycles. The first-order valence-corrected chi connectivity index (χ1v) is 7.67. The second-order valence-corrected chi connectivity index (χ2v) is 6.81. The Morgan fingerprint density at radius 2 is 1.62 bits per heavy atom. The van der Waals surface area contributed by atoms with E-state index in [1.165, 1.54) is 0 Å². The summed E-state index contributed by atoms with van der Waals surface area (Å²) >= 11 is 0. The molecule has 0 aromatic heterocycles. The molecule has 0 aliphatic carbocycles. The Morgan fingerprint density at radius 1 is 1.08 bits per heavy atom. The second kappa shape index (κ2) is 9.21. The van der Waals surface area contributed by atoms with E-state index < -0.39 is 54.3 Å². The smallest absolute Gasteiger partial charge is 0.308 e. The molecule has 24 heavy (non-hydrogen) atoms.